The Morgan fingerprint density at radius 3 is 2.19 bits per heavy atom. The molecule has 3 aromatic carbocycles. The molecule has 0 spiro atoms. The third-order valence-electron chi connectivity index (χ3n) is 11.8. The number of alkyl carbamates (subject to hydrolysis) is 2. The molecule has 1 aliphatic heterocycles. The minimum Gasteiger partial charge on any atom is -0.453 e. The molecule has 1 saturated heterocycles. The van der Waals surface area contributed by atoms with Crippen LogP contribution in [0.2, 0.25) is 0 Å². The molecule has 58 heavy (non-hydrogen) atoms. The van der Waals surface area contributed by atoms with E-state index in [1.54, 1.807) is 0 Å². The largest absolute Gasteiger partial charge is 0.453 e. The first-order valence-corrected chi connectivity index (χ1v) is 20.3. The smallest absolute Gasteiger partial charge is 0.407 e. The Morgan fingerprint density at radius 1 is 0.793 bits per heavy atom. The number of imidazole rings is 2. The van der Waals surface area contributed by atoms with Crippen LogP contribution in [0.15, 0.2) is 60.8 Å². The number of fused-ring (bicyclic) bond motifs is 3. The number of methoxy groups -OCH3 is 2. The molecule has 5 N–H and O–H groups in total. The molecule has 1 aliphatic carbocycles. The van der Waals surface area contributed by atoms with E-state index >= 15 is 0 Å². The maximum atomic E-state index is 13.6. The summed E-state index contributed by atoms with van der Waals surface area (Å²) in [4.78, 5) is 69.1. The van der Waals surface area contributed by atoms with E-state index in [1.165, 1.54) is 14.2 Å². The Labute approximate surface area is 338 Å². The molecule has 2 aromatic heterocycles. The molecule has 2 unspecified atom stereocenters. The van der Waals surface area contributed by atoms with Gasteiger partial charge in [0.1, 0.15) is 23.7 Å². The lowest BCUT2D eigenvalue weighted by Crippen LogP contribution is -2.51. The highest BCUT2D eigenvalue weighted by molar-refractivity contribution is 6.05. The number of carbonyl (C=O) groups is 4. The van der Waals surface area contributed by atoms with Gasteiger partial charge in [0.2, 0.25) is 11.8 Å². The normalized spacial score (nSPS) is 19.1. The van der Waals surface area contributed by atoms with Crippen LogP contribution in [-0.4, -0.2) is 88.2 Å². The van der Waals surface area contributed by atoms with Crippen LogP contribution in [0.1, 0.15) is 83.4 Å². The second kappa shape index (κ2) is 17.3. The van der Waals surface area contributed by atoms with Crippen molar-refractivity contribution in [3.63, 3.8) is 0 Å². The molecule has 4 amide bonds. The number of aromatic amines is 2. The van der Waals surface area contributed by atoms with E-state index in [9.17, 15) is 19.2 Å². The maximum absolute atomic E-state index is 13.6. The van der Waals surface area contributed by atoms with Crippen LogP contribution < -0.4 is 16.0 Å². The van der Waals surface area contributed by atoms with Gasteiger partial charge in [-0.25, -0.2) is 19.6 Å². The van der Waals surface area contributed by atoms with Gasteiger partial charge in [0.05, 0.1) is 43.2 Å². The zero-order chi connectivity index (χ0) is 41.1. The molecule has 14 heteroatoms. The van der Waals surface area contributed by atoms with E-state index in [0.717, 1.165) is 87.9 Å². The predicted octanol–water partition coefficient (Wildman–Crippen LogP) is 7.20. The fourth-order valence-corrected chi connectivity index (χ4v) is 8.57. The van der Waals surface area contributed by atoms with Gasteiger partial charge in [0.15, 0.2) is 0 Å². The molecular formula is C44H54N8O6. The van der Waals surface area contributed by atoms with Crippen molar-refractivity contribution < 1.29 is 28.7 Å². The fourth-order valence-electron chi connectivity index (χ4n) is 8.57. The van der Waals surface area contributed by atoms with Gasteiger partial charge >= 0.3 is 12.2 Å². The predicted molar refractivity (Wildman–Crippen MR) is 222 cm³/mol. The molecule has 306 valence electrons. The zero-order valence-electron chi connectivity index (χ0n) is 34.1. The van der Waals surface area contributed by atoms with Crippen molar-refractivity contribution >= 4 is 45.8 Å². The maximum Gasteiger partial charge on any atom is 0.407 e. The summed E-state index contributed by atoms with van der Waals surface area (Å²) in [5.74, 6) is 1.54. The van der Waals surface area contributed by atoms with E-state index in [1.807, 2.05) is 38.8 Å². The Hall–Kier alpha value is -5.92. The van der Waals surface area contributed by atoms with Crippen molar-refractivity contribution in [2.24, 2.45) is 17.8 Å². The van der Waals surface area contributed by atoms with Crippen LogP contribution in [0.5, 0.6) is 0 Å². The number of hydrogen-bond acceptors (Lipinski definition) is 8. The summed E-state index contributed by atoms with van der Waals surface area (Å²) in [6, 6.07) is 17.5. The van der Waals surface area contributed by atoms with Crippen molar-refractivity contribution in [3.8, 4) is 22.4 Å². The van der Waals surface area contributed by atoms with Crippen LogP contribution in [-0.2, 0) is 19.1 Å². The molecule has 5 atom stereocenters. The van der Waals surface area contributed by atoms with Gasteiger partial charge in [-0.05, 0) is 77.6 Å². The summed E-state index contributed by atoms with van der Waals surface area (Å²) in [5.41, 5.74) is 5.94. The molecule has 2 aliphatic rings. The van der Waals surface area contributed by atoms with Gasteiger partial charge in [-0.2, -0.15) is 0 Å². The minimum absolute atomic E-state index is 0.0870. The Balaban J connectivity index is 1.03. The molecule has 2 fully saturated rings. The van der Waals surface area contributed by atoms with Gasteiger partial charge in [-0.3, -0.25) is 9.59 Å². The third-order valence-corrected chi connectivity index (χ3v) is 11.8. The van der Waals surface area contributed by atoms with E-state index in [-0.39, 0.29) is 41.5 Å². The first-order valence-electron chi connectivity index (χ1n) is 20.3. The van der Waals surface area contributed by atoms with Crippen molar-refractivity contribution in [2.75, 3.05) is 27.3 Å². The average molecular weight is 791 g/mol. The highest BCUT2D eigenvalue weighted by Crippen LogP contribution is 2.40. The molecule has 14 nitrogen and oxygen atoms in total. The summed E-state index contributed by atoms with van der Waals surface area (Å²) in [5, 5.41) is 10.6. The second-order valence-corrected chi connectivity index (χ2v) is 16.2. The van der Waals surface area contributed by atoms with Gasteiger partial charge in [-0.1, -0.05) is 76.6 Å². The SMILES string of the molecule is COC(=O)N[C@H](C(=O)NCC1CCCC1c1nc2c(ccc3cc(-c4ccc(-c5cnc([C@@H]6CCCN6C(=O)[C@@H](NC(=O)OC)C(C)C)[nH]5)cc4)ccc32)[nH]1)C(C)C. The number of benzene rings is 3. The molecule has 7 rings (SSSR count). The third kappa shape index (κ3) is 8.37. The topological polar surface area (TPSA) is 183 Å². The first kappa shape index (κ1) is 40.3. The molecule has 0 bridgehead atoms. The Morgan fingerprint density at radius 2 is 1.48 bits per heavy atom. The number of ether oxygens (including phenoxy) is 2. The summed E-state index contributed by atoms with van der Waals surface area (Å²) < 4.78 is 9.48. The number of rotatable bonds is 12. The Kier molecular flexibility index (Phi) is 12.0. The van der Waals surface area contributed by atoms with Crippen LogP contribution in [0.3, 0.4) is 0 Å². The number of nitrogens with one attached hydrogen (secondary N) is 5. The molecular weight excluding hydrogens is 737 g/mol. The van der Waals surface area contributed by atoms with Gasteiger partial charge in [-0.15, -0.1) is 0 Å². The number of aromatic nitrogens is 4. The van der Waals surface area contributed by atoms with Crippen molar-refractivity contribution in [1.82, 2.24) is 40.8 Å². The number of nitrogens with zero attached hydrogens (tertiary/aromatic N) is 3. The molecule has 3 heterocycles. The summed E-state index contributed by atoms with van der Waals surface area (Å²) in [7, 11) is 2.58. The quantitative estimate of drug-likeness (QED) is 0.0879. The first-order chi connectivity index (χ1) is 27.9. The fraction of sp³-hybridized carbons (Fsp3) is 0.455. The highest BCUT2D eigenvalue weighted by Gasteiger charge is 2.38. The standard InChI is InChI=1S/C44H54N8O6/c1-24(2)36(50-43(55)57-5)41(53)46-22-30-9-7-10-32(30)39-47-33-19-17-29-21-28(16-18-31(29)38(33)49-39)26-12-14-27(15-13-26)34-23-45-40(48-34)35-11-8-20-52(35)42(54)37(25(3)4)51-44(56)58-6/h12-19,21,23-25,30,32,35-37H,7-11,20,22H2,1-6H3,(H,45,48)(H,46,53)(H,47,49)(H,50,55)(H,51,56)/t30?,32?,35-,36-,37-/m0/s1. The average Bonchev–Trinajstić information content (AvgIpc) is 4.06. The van der Waals surface area contributed by atoms with Gasteiger partial charge < -0.3 is 40.3 Å². The van der Waals surface area contributed by atoms with Crippen LogP contribution >= 0.6 is 0 Å². The number of carbonyl (C=O) groups excluding carboxylic acids is 4. The number of H-pyrrole nitrogens is 2. The van der Waals surface area contributed by atoms with Gasteiger partial charge in [0.25, 0.3) is 0 Å². The summed E-state index contributed by atoms with van der Waals surface area (Å²) in [6.07, 6.45) is 5.23. The van der Waals surface area contributed by atoms with E-state index < -0.39 is 24.3 Å². The van der Waals surface area contributed by atoms with Crippen LogP contribution in [0, 0.1) is 17.8 Å². The summed E-state index contributed by atoms with van der Waals surface area (Å²) >= 11 is 0. The van der Waals surface area contributed by atoms with Crippen molar-refractivity contribution in [2.45, 2.75) is 83.8 Å². The number of hydrogen-bond donors (Lipinski definition) is 5. The molecule has 5 aromatic rings. The lowest BCUT2D eigenvalue weighted by atomic mass is 9.95. The summed E-state index contributed by atoms with van der Waals surface area (Å²) in [6.45, 7) is 8.70. The molecule has 0 radical (unpaired) electrons. The Bertz CT molecular complexity index is 2280. The lowest BCUT2D eigenvalue weighted by Gasteiger charge is -2.30. The minimum atomic E-state index is -0.686. The van der Waals surface area contributed by atoms with Crippen molar-refractivity contribution in [3.05, 3.63) is 72.4 Å². The zero-order valence-corrected chi connectivity index (χ0v) is 34.1. The molecule has 1 saturated carbocycles. The monoisotopic (exact) mass is 790 g/mol. The van der Waals surface area contributed by atoms with Crippen LogP contribution in [0.4, 0.5) is 9.59 Å². The van der Waals surface area contributed by atoms with E-state index in [4.69, 9.17) is 19.4 Å². The lowest BCUT2D eigenvalue weighted by molar-refractivity contribution is -0.135. The van der Waals surface area contributed by atoms with Crippen LogP contribution in [0.25, 0.3) is 44.2 Å². The number of amides is 4. The van der Waals surface area contributed by atoms with Crippen molar-refractivity contribution in [1.29, 1.82) is 0 Å². The second-order valence-electron chi connectivity index (χ2n) is 16.2. The highest BCUT2D eigenvalue weighted by atomic mass is 16.5. The van der Waals surface area contributed by atoms with Gasteiger partial charge in [0, 0.05) is 24.4 Å². The van der Waals surface area contributed by atoms with E-state index in [0.29, 0.717) is 13.1 Å². The van der Waals surface area contributed by atoms with E-state index in [2.05, 4.69) is 80.5 Å². The number of likely N-dealkylation sites (tertiary alicyclic amines) is 1.